The molecular formula is C56H102O6. The van der Waals surface area contributed by atoms with Crippen LogP contribution < -0.4 is 0 Å². The average molecular weight is 871 g/mol. The maximum Gasteiger partial charge on any atom is 0.306 e. The Bertz CT molecular complexity index is 1050. The summed E-state index contributed by atoms with van der Waals surface area (Å²) in [4.78, 5) is 38.0. The van der Waals surface area contributed by atoms with Crippen molar-refractivity contribution in [2.75, 3.05) is 13.2 Å². The summed E-state index contributed by atoms with van der Waals surface area (Å²) in [6.07, 6.45) is 59.8. The van der Waals surface area contributed by atoms with Crippen molar-refractivity contribution in [1.82, 2.24) is 0 Å². The predicted molar refractivity (Wildman–Crippen MR) is 266 cm³/mol. The van der Waals surface area contributed by atoms with Crippen LogP contribution in [-0.4, -0.2) is 37.2 Å². The lowest BCUT2D eigenvalue weighted by Crippen LogP contribution is -2.30. The third kappa shape index (κ3) is 48.7. The number of carbonyl (C=O) groups is 3. The summed E-state index contributed by atoms with van der Waals surface area (Å²) in [6, 6.07) is 0. The molecule has 0 N–H and O–H groups in total. The zero-order valence-corrected chi connectivity index (χ0v) is 41.4. The van der Waals surface area contributed by atoms with E-state index < -0.39 is 6.10 Å². The number of hydrogen-bond acceptors (Lipinski definition) is 6. The summed E-state index contributed by atoms with van der Waals surface area (Å²) >= 11 is 0. The third-order valence-corrected chi connectivity index (χ3v) is 11.9. The van der Waals surface area contributed by atoms with E-state index in [1.165, 1.54) is 173 Å². The first kappa shape index (κ1) is 59.6. The number of hydrogen-bond donors (Lipinski definition) is 0. The van der Waals surface area contributed by atoms with E-state index >= 15 is 0 Å². The van der Waals surface area contributed by atoms with Gasteiger partial charge in [-0.2, -0.15) is 0 Å². The number of unbranched alkanes of at least 4 members (excludes halogenated alkanes) is 32. The number of ether oxygens (including phenoxy) is 3. The van der Waals surface area contributed by atoms with Crippen molar-refractivity contribution in [3.8, 4) is 0 Å². The van der Waals surface area contributed by atoms with E-state index in [2.05, 4.69) is 57.2 Å². The van der Waals surface area contributed by atoms with Crippen molar-refractivity contribution in [1.29, 1.82) is 0 Å². The lowest BCUT2D eigenvalue weighted by molar-refractivity contribution is -0.167. The molecule has 6 heteroatoms. The van der Waals surface area contributed by atoms with Gasteiger partial charge in [-0.25, -0.2) is 0 Å². The molecule has 0 aromatic heterocycles. The molecular weight excluding hydrogens is 769 g/mol. The molecule has 0 rings (SSSR count). The Balaban J connectivity index is 4.32. The van der Waals surface area contributed by atoms with E-state index in [4.69, 9.17) is 14.2 Å². The van der Waals surface area contributed by atoms with Gasteiger partial charge in [0, 0.05) is 19.3 Å². The molecule has 1 atom stereocenters. The van der Waals surface area contributed by atoms with Gasteiger partial charge in [0.05, 0.1) is 0 Å². The van der Waals surface area contributed by atoms with Crippen LogP contribution in [0.2, 0.25) is 0 Å². The van der Waals surface area contributed by atoms with Crippen molar-refractivity contribution < 1.29 is 28.6 Å². The van der Waals surface area contributed by atoms with Gasteiger partial charge in [-0.05, 0) is 77.0 Å². The van der Waals surface area contributed by atoms with Crippen LogP contribution >= 0.6 is 0 Å². The van der Waals surface area contributed by atoms with Crippen LogP contribution in [0.4, 0.5) is 0 Å². The Morgan fingerprint density at radius 1 is 0.323 bits per heavy atom. The summed E-state index contributed by atoms with van der Waals surface area (Å²) in [5, 5.41) is 0. The molecule has 0 spiro atoms. The molecule has 0 aliphatic rings. The minimum absolute atomic E-state index is 0.0736. The van der Waals surface area contributed by atoms with Crippen LogP contribution in [0.25, 0.3) is 0 Å². The molecule has 0 heterocycles. The fourth-order valence-corrected chi connectivity index (χ4v) is 7.76. The summed E-state index contributed by atoms with van der Waals surface area (Å²) in [6.45, 7) is 6.61. The number of esters is 3. The maximum absolute atomic E-state index is 12.8. The van der Waals surface area contributed by atoms with E-state index in [1.807, 2.05) is 0 Å². The normalized spacial score (nSPS) is 12.2. The van der Waals surface area contributed by atoms with Gasteiger partial charge >= 0.3 is 17.9 Å². The van der Waals surface area contributed by atoms with E-state index in [-0.39, 0.29) is 31.1 Å². The number of carbonyl (C=O) groups excluding carboxylic acids is 3. The van der Waals surface area contributed by atoms with Gasteiger partial charge in [-0.15, -0.1) is 0 Å². The molecule has 6 nitrogen and oxygen atoms in total. The van der Waals surface area contributed by atoms with Crippen molar-refractivity contribution in [3.63, 3.8) is 0 Å². The van der Waals surface area contributed by atoms with Crippen LogP contribution in [0.5, 0.6) is 0 Å². The Morgan fingerprint density at radius 2 is 0.581 bits per heavy atom. The fourth-order valence-electron chi connectivity index (χ4n) is 7.76. The standard InChI is InChI=1S/C56H102O6/c1-4-7-10-13-16-19-22-25-26-27-28-29-30-32-34-37-40-43-46-49-55(58)61-52-53(51-60-54(57)48-45-42-39-36-33-24-21-18-15-12-9-6-3)62-56(59)50-47-44-41-38-35-31-23-20-17-14-11-8-5-2/h16,19-20,23,25-26,53H,4-15,17-18,21-22,24,27-52H2,1-3H3/b19-16-,23-20-,26-25-. The summed E-state index contributed by atoms with van der Waals surface area (Å²) < 4.78 is 16.8. The molecule has 0 aromatic carbocycles. The topological polar surface area (TPSA) is 78.9 Å². The first-order valence-electron chi connectivity index (χ1n) is 27.0. The molecule has 0 bridgehead atoms. The lowest BCUT2D eigenvalue weighted by Gasteiger charge is -2.18. The van der Waals surface area contributed by atoms with Crippen molar-refractivity contribution in [2.45, 2.75) is 290 Å². The molecule has 0 aliphatic carbocycles. The summed E-state index contributed by atoms with van der Waals surface area (Å²) in [7, 11) is 0. The second-order valence-corrected chi connectivity index (χ2v) is 18.1. The molecule has 0 radical (unpaired) electrons. The highest BCUT2D eigenvalue weighted by Gasteiger charge is 2.19. The van der Waals surface area contributed by atoms with Gasteiger partial charge in [0.1, 0.15) is 13.2 Å². The zero-order valence-electron chi connectivity index (χ0n) is 41.4. The maximum atomic E-state index is 12.8. The van der Waals surface area contributed by atoms with Crippen LogP contribution in [0, 0.1) is 0 Å². The van der Waals surface area contributed by atoms with Gasteiger partial charge in [0.25, 0.3) is 0 Å². The van der Waals surface area contributed by atoms with Crippen molar-refractivity contribution >= 4 is 17.9 Å². The lowest BCUT2D eigenvalue weighted by atomic mass is 10.0. The van der Waals surface area contributed by atoms with Gasteiger partial charge in [0.15, 0.2) is 6.10 Å². The Hall–Kier alpha value is -2.37. The number of rotatable bonds is 49. The smallest absolute Gasteiger partial charge is 0.306 e. The second-order valence-electron chi connectivity index (χ2n) is 18.1. The van der Waals surface area contributed by atoms with Crippen LogP contribution in [-0.2, 0) is 28.6 Å². The second kappa shape index (κ2) is 51.3. The zero-order chi connectivity index (χ0) is 45.1. The fraction of sp³-hybridized carbons (Fsp3) is 0.839. The Labute approximate surface area is 385 Å². The first-order valence-corrected chi connectivity index (χ1v) is 27.0. The molecule has 362 valence electrons. The first-order chi connectivity index (χ1) is 30.5. The molecule has 0 aromatic rings. The highest BCUT2D eigenvalue weighted by Crippen LogP contribution is 2.15. The Morgan fingerprint density at radius 3 is 0.952 bits per heavy atom. The predicted octanol–water partition coefficient (Wildman–Crippen LogP) is 17.7. The Kier molecular flexibility index (Phi) is 49.3. The van der Waals surface area contributed by atoms with Gasteiger partial charge in [0.2, 0.25) is 0 Å². The van der Waals surface area contributed by atoms with Crippen LogP contribution in [0.1, 0.15) is 284 Å². The third-order valence-electron chi connectivity index (χ3n) is 11.9. The monoisotopic (exact) mass is 871 g/mol. The molecule has 1 unspecified atom stereocenters. The van der Waals surface area contributed by atoms with E-state index in [9.17, 15) is 14.4 Å². The van der Waals surface area contributed by atoms with E-state index in [0.29, 0.717) is 19.3 Å². The molecule has 0 saturated carbocycles. The molecule has 0 saturated heterocycles. The minimum atomic E-state index is -0.774. The van der Waals surface area contributed by atoms with Gasteiger partial charge < -0.3 is 14.2 Å². The minimum Gasteiger partial charge on any atom is -0.462 e. The van der Waals surface area contributed by atoms with Crippen LogP contribution in [0.3, 0.4) is 0 Å². The largest absolute Gasteiger partial charge is 0.462 e. The van der Waals surface area contributed by atoms with Crippen molar-refractivity contribution in [3.05, 3.63) is 36.5 Å². The highest BCUT2D eigenvalue weighted by molar-refractivity contribution is 5.71. The summed E-state index contributed by atoms with van der Waals surface area (Å²) in [5.41, 5.74) is 0. The van der Waals surface area contributed by atoms with E-state index in [0.717, 1.165) is 70.6 Å². The SMILES string of the molecule is CCCCC/C=C\C/C=C\CCCCCCCCCCCC(=O)OCC(COC(=O)CCCCCCCCCCCCCC)OC(=O)CCCCCCC/C=C\CCCCCC. The summed E-state index contributed by atoms with van der Waals surface area (Å²) in [5.74, 6) is -0.875. The molecule has 0 aliphatic heterocycles. The van der Waals surface area contributed by atoms with Gasteiger partial charge in [-0.3, -0.25) is 14.4 Å². The quantitative estimate of drug-likeness (QED) is 0.0262. The molecule has 0 fully saturated rings. The molecule has 0 amide bonds. The highest BCUT2D eigenvalue weighted by atomic mass is 16.6. The average Bonchev–Trinajstić information content (AvgIpc) is 3.27. The van der Waals surface area contributed by atoms with Crippen LogP contribution in [0.15, 0.2) is 36.5 Å². The number of allylic oxidation sites excluding steroid dienone is 6. The molecule has 62 heavy (non-hydrogen) atoms. The van der Waals surface area contributed by atoms with Gasteiger partial charge in [-0.1, -0.05) is 224 Å². The van der Waals surface area contributed by atoms with Crippen molar-refractivity contribution in [2.24, 2.45) is 0 Å². The van der Waals surface area contributed by atoms with E-state index in [1.54, 1.807) is 0 Å².